The van der Waals surface area contributed by atoms with E-state index < -0.39 is 61.9 Å². The summed E-state index contributed by atoms with van der Waals surface area (Å²) >= 11 is 0. The fourth-order valence-corrected chi connectivity index (χ4v) is 5.01. The number of aromatic hydroxyl groups is 1. The van der Waals surface area contributed by atoms with E-state index in [1.54, 1.807) is 0 Å². The van der Waals surface area contributed by atoms with E-state index in [0.717, 1.165) is 30.3 Å². The van der Waals surface area contributed by atoms with Crippen LogP contribution in [0.2, 0.25) is 0 Å². The van der Waals surface area contributed by atoms with E-state index in [1.165, 1.54) is 0 Å². The van der Waals surface area contributed by atoms with E-state index in [1.807, 2.05) is 0 Å². The smallest absolute Gasteiger partial charge is 0.744 e. The van der Waals surface area contributed by atoms with Gasteiger partial charge in [0.05, 0.1) is 26.1 Å². The molecule has 24 heteroatoms. The first-order valence-electron chi connectivity index (χ1n) is 10.2. The van der Waals surface area contributed by atoms with Crippen LogP contribution in [-0.2, 0) is 30.4 Å². The Labute approximate surface area is 309 Å². The Kier molecular flexibility index (Phi) is 13.5. The molecular formula is C19H13N8Na3O10S3. The molecule has 18 nitrogen and oxygen atoms in total. The molecule has 0 amide bonds. The van der Waals surface area contributed by atoms with Crippen molar-refractivity contribution in [2.75, 3.05) is 16.8 Å². The molecule has 0 bridgehead atoms. The number of fused-ring (bicyclic) bond motifs is 1. The minimum atomic E-state index is -5.41. The summed E-state index contributed by atoms with van der Waals surface area (Å²) in [6, 6.07) is 5.96. The average Bonchev–Trinajstić information content (AvgIpc) is 2.81. The molecule has 0 aliphatic heterocycles. The normalized spacial score (nSPS) is 11.8. The van der Waals surface area contributed by atoms with E-state index >= 15 is 0 Å². The summed E-state index contributed by atoms with van der Waals surface area (Å²) in [4.78, 5) is 8.39. The van der Waals surface area contributed by atoms with Crippen molar-refractivity contribution in [3.05, 3.63) is 42.5 Å². The number of anilines is 4. The Morgan fingerprint density at radius 2 is 1.26 bits per heavy atom. The molecule has 3 aromatic carbocycles. The number of nitrogens with two attached hydrogens (primary N) is 2. The Morgan fingerprint density at radius 1 is 0.721 bits per heavy atom. The van der Waals surface area contributed by atoms with Gasteiger partial charge in [0.2, 0.25) is 17.8 Å². The molecule has 0 unspecified atom stereocenters. The number of phenolic OH excluding ortho intramolecular Hbond substituents is 1. The van der Waals surface area contributed by atoms with Gasteiger partial charge in [-0.1, -0.05) is 0 Å². The third-order valence-electron chi connectivity index (χ3n) is 4.99. The number of hydrogen-bond acceptors (Lipinski definition) is 18. The first-order valence-corrected chi connectivity index (χ1v) is 14.4. The number of hydrogen-bond donors (Lipinski definition) is 4. The quantitative estimate of drug-likeness (QED) is 0.0801. The molecular weight excluding hydrogens is 665 g/mol. The predicted octanol–water partition coefficient (Wildman–Crippen LogP) is -8.22. The second kappa shape index (κ2) is 14.7. The van der Waals surface area contributed by atoms with Crippen molar-refractivity contribution >= 4 is 76.0 Å². The summed E-state index contributed by atoms with van der Waals surface area (Å²) in [6.45, 7) is 0. The second-order valence-electron chi connectivity index (χ2n) is 7.70. The van der Waals surface area contributed by atoms with Crippen molar-refractivity contribution in [3.8, 4) is 5.75 Å². The summed E-state index contributed by atoms with van der Waals surface area (Å²) < 4.78 is 105. The molecule has 0 fully saturated rings. The Hall–Kier alpha value is -1.54. The maximum atomic E-state index is 12.0. The number of nitrogens with zero attached hydrogens (tertiary/aromatic N) is 5. The van der Waals surface area contributed by atoms with Gasteiger partial charge >= 0.3 is 88.7 Å². The number of aromatic nitrogens is 3. The number of nitrogens with one attached hydrogen (secondary N) is 1. The molecule has 1 aromatic heterocycles. The molecule has 0 saturated heterocycles. The zero-order chi connectivity index (χ0) is 29.6. The van der Waals surface area contributed by atoms with Gasteiger partial charge in [0.25, 0.3) is 0 Å². The molecule has 0 aliphatic carbocycles. The number of benzene rings is 3. The van der Waals surface area contributed by atoms with Gasteiger partial charge in [-0.15, -0.1) is 5.11 Å². The Morgan fingerprint density at radius 3 is 1.74 bits per heavy atom. The van der Waals surface area contributed by atoms with Gasteiger partial charge in [0.1, 0.15) is 36.0 Å². The third-order valence-corrected chi connectivity index (χ3v) is 7.50. The predicted molar refractivity (Wildman–Crippen MR) is 132 cm³/mol. The van der Waals surface area contributed by atoms with Crippen molar-refractivity contribution in [2.45, 2.75) is 14.7 Å². The van der Waals surface area contributed by atoms with Crippen molar-refractivity contribution in [3.63, 3.8) is 0 Å². The first-order chi connectivity index (χ1) is 18.4. The fraction of sp³-hybridized carbons (Fsp3) is 0. The van der Waals surface area contributed by atoms with Crippen LogP contribution in [0.1, 0.15) is 0 Å². The van der Waals surface area contributed by atoms with Crippen LogP contribution >= 0.6 is 0 Å². The van der Waals surface area contributed by atoms with Crippen molar-refractivity contribution < 1.29 is 133 Å². The van der Waals surface area contributed by atoms with Gasteiger partial charge in [-0.25, -0.2) is 25.3 Å². The summed E-state index contributed by atoms with van der Waals surface area (Å²) in [5.74, 6) is -2.10. The van der Waals surface area contributed by atoms with Crippen LogP contribution in [-0.4, -0.2) is 59.0 Å². The van der Waals surface area contributed by atoms with Crippen LogP contribution in [0.4, 0.5) is 34.9 Å². The van der Waals surface area contributed by atoms with Crippen LogP contribution in [0, 0.1) is 0 Å². The van der Waals surface area contributed by atoms with Gasteiger partial charge in [-0.3, -0.25) is 0 Å². The summed E-state index contributed by atoms with van der Waals surface area (Å²) in [6.07, 6.45) is 0. The van der Waals surface area contributed by atoms with E-state index in [0.29, 0.717) is 12.1 Å². The standard InChI is InChI=1S/C19H16N8O10S3.3Na/c20-17-23-18(21)25-19(24-17)22-12-7-11(39(32,33)34)5-8-6-13(40(35,36)37)15(16(28)14(8)12)27-26-9-1-3-10(4-2-9)38(29,30)31;;;/h1-7,28H,(H,29,30,31)(H,32,33,34)(H,35,36,37)(H5,20,21,22,23,24,25);;;/q;3*+1/p-3. The molecule has 1 heterocycles. The van der Waals surface area contributed by atoms with Crippen molar-refractivity contribution in [1.29, 1.82) is 0 Å². The van der Waals surface area contributed by atoms with Crippen LogP contribution in [0.3, 0.4) is 0 Å². The molecule has 4 rings (SSSR count). The molecule has 0 atom stereocenters. The molecule has 0 spiro atoms. The number of rotatable bonds is 7. The fourth-order valence-electron chi connectivity index (χ4n) is 3.36. The van der Waals surface area contributed by atoms with E-state index in [2.05, 4.69) is 30.5 Å². The van der Waals surface area contributed by atoms with Gasteiger partial charge in [-0.2, -0.15) is 20.1 Å². The summed E-state index contributed by atoms with van der Waals surface area (Å²) in [5.41, 5.74) is 9.63. The van der Waals surface area contributed by atoms with Gasteiger partial charge in [-0.05, 0) is 47.9 Å². The van der Waals surface area contributed by atoms with Crippen LogP contribution in [0.5, 0.6) is 5.75 Å². The molecule has 0 radical (unpaired) electrons. The van der Waals surface area contributed by atoms with Gasteiger partial charge in [0.15, 0.2) is 5.75 Å². The minimum absolute atomic E-state index is 0. The Bertz CT molecular complexity index is 2030. The van der Waals surface area contributed by atoms with E-state index in [-0.39, 0.29) is 123 Å². The van der Waals surface area contributed by atoms with Crippen LogP contribution in [0.25, 0.3) is 10.8 Å². The van der Waals surface area contributed by atoms with Crippen LogP contribution in [0.15, 0.2) is 67.4 Å². The Balaban J connectivity index is 0.00000308. The average molecular weight is 679 g/mol. The zero-order valence-corrected chi connectivity index (χ0v) is 30.7. The number of azo groups is 1. The SMILES string of the molecule is Nc1nc(N)nc(Nc2cc(S(=O)(=O)[O-])cc3cc(S(=O)(=O)[O-])c(N=Nc4ccc(S(=O)(=O)[O-])cc4)c(O)c23)n1.[Na+].[Na+].[Na+]. The van der Waals surface area contributed by atoms with E-state index in [4.69, 9.17) is 11.5 Å². The molecule has 210 valence electrons. The summed E-state index contributed by atoms with van der Waals surface area (Å²) in [5, 5.41) is 20.0. The molecule has 6 N–H and O–H groups in total. The topological polar surface area (TPSA) is 319 Å². The van der Waals surface area contributed by atoms with Crippen LogP contribution < -0.4 is 105 Å². The largest absolute Gasteiger partial charge is 1.00 e. The maximum absolute atomic E-state index is 12.0. The monoisotopic (exact) mass is 678 g/mol. The summed E-state index contributed by atoms with van der Waals surface area (Å²) in [7, 11) is -15.4. The number of nitrogen functional groups attached to an aromatic ring is 2. The molecule has 0 aliphatic rings. The molecule has 0 saturated carbocycles. The number of phenols is 1. The van der Waals surface area contributed by atoms with Crippen molar-refractivity contribution in [1.82, 2.24) is 15.0 Å². The molecule has 43 heavy (non-hydrogen) atoms. The van der Waals surface area contributed by atoms with Crippen molar-refractivity contribution in [2.24, 2.45) is 10.2 Å². The first kappa shape index (κ1) is 39.5. The zero-order valence-electron chi connectivity index (χ0n) is 22.3. The minimum Gasteiger partial charge on any atom is -0.744 e. The second-order valence-corrected chi connectivity index (χ2v) is 11.8. The maximum Gasteiger partial charge on any atom is 1.00 e. The molecule has 4 aromatic rings. The van der Waals surface area contributed by atoms with E-state index in [9.17, 15) is 44.0 Å². The van der Waals surface area contributed by atoms with Gasteiger partial charge < -0.3 is 35.5 Å². The third kappa shape index (κ3) is 9.48. The van der Waals surface area contributed by atoms with Gasteiger partial charge in [0, 0.05) is 5.39 Å².